The van der Waals surface area contributed by atoms with Gasteiger partial charge in [0.15, 0.2) is 6.29 Å². The number of halogens is 1. The molecule has 1 fully saturated rings. The molecule has 6 N–H and O–H groups in total. The predicted molar refractivity (Wildman–Crippen MR) is 86.4 cm³/mol. The topological polar surface area (TPSA) is 174 Å². The maximum atomic E-state index is 14.8. The van der Waals surface area contributed by atoms with Gasteiger partial charge in [0.25, 0.3) is 0 Å². The highest BCUT2D eigenvalue weighted by atomic mass is 19.1. The van der Waals surface area contributed by atoms with Gasteiger partial charge in [0, 0.05) is 5.41 Å². The average molecular weight is 398 g/mol. The Kier molecular flexibility index (Phi) is 6.96. The van der Waals surface area contributed by atoms with E-state index in [2.05, 4.69) is 0 Å². The van der Waals surface area contributed by atoms with Crippen LogP contribution in [0.5, 0.6) is 0 Å². The molecule has 1 heterocycles. The van der Waals surface area contributed by atoms with E-state index in [1.54, 1.807) is 0 Å². The molecule has 0 aromatic carbocycles. The van der Waals surface area contributed by atoms with Crippen LogP contribution in [0.15, 0.2) is 0 Å². The summed E-state index contributed by atoms with van der Waals surface area (Å²) in [6, 6.07) is 0. The second-order valence-corrected chi connectivity index (χ2v) is 7.90. The quantitative estimate of drug-likeness (QED) is 0.275. The Morgan fingerprint density at radius 2 is 1.48 bits per heavy atom. The van der Waals surface area contributed by atoms with E-state index >= 15 is 0 Å². The Balaban J connectivity index is 3.03. The molecule has 0 spiro atoms. The molecule has 0 radical (unpaired) electrons. The smallest absolute Gasteiger partial charge is 0.353 e. The van der Waals surface area contributed by atoms with E-state index in [1.165, 1.54) is 13.8 Å². The van der Waals surface area contributed by atoms with Crippen molar-refractivity contribution in [3.05, 3.63) is 0 Å². The summed E-state index contributed by atoms with van der Waals surface area (Å²) < 4.78 is 25.5. The van der Waals surface area contributed by atoms with E-state index < -0.39 is 72.4 Å². The fraction of sp³-hybridized carbons (Fsp3) is 0.875. The third-order valence-electron chi connectivity index (χ3n) is 4.67. The van der Waals surface area contributed by atoms with Gasteiger partial charge in [-0.25, -0.2) is 14.0 Å². The number of aliphatic carboxylic acids is 2. The maximum absolute atomic E-state index is 14.8. The Morgan fingerprint density at radius 1 is 1.00 bits per heavy atom. The number of carbonyl (C=O) groups is 2. The lowest BCUT2D eigenvalue weighted by Gasteiger charge is -2.45. The zero-order valence-corrected chi connectivity index (χ0v) is 15.5. The monoisotopic (exact) mass is 398 g/mol. The number of hydrogen-bond acceptors (Lipinski definition) is 8. The summed E-state index contributed by atoms with van der Waals surface area (Å²) in [5.41, 5.74) is -6.97. The molecule has 1 saturated heterocycles. The summed E-state index contributed by atoms with van der Waals surface area (Å²) in [4.78, 5) is 22.5. The number of rotatable bonds is 8. The molecule has 1 aliphatic heterocycles. The summed E-state index contributed by atoms with van der Waals surface area (Å²) in [5, 5.41) is 56.9. The third-order valence-corrected chi connectivity index (χ3v) is 4.67. The van der Waals surface area contributed by atoms with Crippen LogP contribution >= 0.6 is 0 Å². The van der Waals surface area contributed by atoms with Gasteiger partial charge in [0.2, 0.25) is 0 Å². The first kappa shape index (κ1) is 23.7. The van der Waals surface area contributed by atoms with Gasteiger partial charge in [-0.1, -0.05) is 13.8 Å². The Labute approximate surface area is 155 Å². The Hall–Kier alpha value is -1.37. The van der Waals surface area contributed by atoms with Gasteiger partial charge in [-0.15, -0.1) is 0 Å². The highest BCUT2D eigenvalue weighted by Crippen LogP contribution is 2.43. The first-order valence-electron chi connectivity index (χ1n) is 8.25. The molecule has 11 heteroatoms. The molecule has 158 valence electrons. The standard InChI is InChI=1S/C16H27FO10/c1-14(2,16(17,12(22)23)13(24)25)6-15(3,4)27-11-10(21)9(20)8(19)7(5-18)26-11/h7-11,18-21H,5-6H2,1-4H3,(H,22,23)(H,24,25). The molecular weight excluding hydrogens is 371 g/mol. The summed E-state index contributed by atoms with van der Waals surface area (Å²) in [5.74, 6) is -4.33. The van der Waals surface area contributed by atoms with Gasteiger partial charge in [0.1, 0.15) is 24.4 Å². The third kappa shape index (κ3) is 4.55. The first-order chi connectivity index (χ1) is 12.1. The molecule has 1 rings (SSSR count). The Bertz CT molecular complexity index is 547. The predicted octanol–water partition coefficient (Wildman–Crippen LogP) is -1.12. The molecular formula is C16H27FO10. The lowest BCUT2D eigenvalue weighted by molar-refractivity contribution is -0.326. The maximum Gasteiger partial charge on any atom is 0.353 e. The van der Waals surface area contributed by atoms with Gasteiger partial charge in [-0.3, -0.25) is 0 Å². The van der Waals surface area contributed by atoms with Gasteiger partial charge < -0.3 is 40.1 Å². The fourth-order valence-electron chi connectivity index (χ4n) is 3.38. The number of carboxylic acid groups (broad SMARTS) is 2. The molecule has 0 aromatic heterocycles. The van der Waals surface area contributed by atoms with Crippen molar-refractivity contribution in [2.75, 3.05) is 6.61 Å². The van der Waals surface area contributed by atoms with Gasteiger partial charge in [-0.2, -0.15) is 0 Å². The van der Waals surface area contributed by atoms with Crippen LogP contribution in [0, 0.1) is 5.41 Å². The van der Waals surface area contributed by atoms with Crippen molar-refractivity contribution < 1.29 is 54.1 Å². The zero-order chi connectivity index (χ0) is 21.4. The van der Waals surface area contributed by atoms with Crippen LogP contribution in [-0.2, 0) is 19.1 Å². The van der Waals surface area contributed by atoms with E-state index in [0.717, 1.165) is 13.8 Å². The normalized spacial score (nSPS) is 30.2. The van der Waals surface area contributed by atoms with E-state index in [-0.39, 0.29) is 0 Å². The van der Waals surface area contributed by atoms with Crippen molar-refractivity contribution in [2.24, 2.45) is 5.41 Å². The van der Waals surface area contributed by atoms with Crippen molar-refractivity contribution in [3.8, 4) is 0 Å². The molecule has 0 aliphatic carbocycles. The number of aliphatic hydroxyl groups excluding tert-OH is 4. The van der Waals surface area contributed by atoms with Crippen molar-refractivity contribution in [2.45, 2.75) is 76.1 Å². The highest BCUT2D eigenvalue weighted by Gasteiger charge is 2.61. The first-order valence-corrected chi connectivity index (χ1v) is 8.25. The number of hydrogen-bond donors (Lipinski definition) is 6. The molecule has 5 unspecified atom stereocenters. The van der Waals surface area contributed by atoms with Crippen LogP contribution in [0.2, 0.25) is 0 Å². The van der Waals surface area contributed by atoms with Crippen LogP contribution in [0.1, 0.15) is 34.1 Å². The number of alkyl halides is 1. The Morgan fingerprint density at radius 3 is 1.89 bits per heavy atom. The van der Waals surface area contributed by atoms with E-state index in [9.17, 15) is 34.4 Å². The van der Waals surface area contributed by atoms with Crippen molar-refractivity contribution >= 4 is 11.9 Å². The van der Waals surface area contributed by atoms with Crippen molar-refractivity contribution in [3.63, 3.8) is 0 Å². The molecule has 0 saturated carbocycles. The number of aliphatic hydroxyl groups is 4. The summed E-state index contributed by atoms with van der Waals surface area (Å²) >= 11 is 0. The summed E-state index contributed by atoms with van der Waals surface area (Å²) in [7, 11) is 0. The van der Waals surface area contributed by atoms with Crippen LogP contribution in [0.4, 0.5) is 4.39 Å². The molecule has 0 aromatic rings. The van der Waals surface area contributed by atoms with Crippen LogP contribution in [0.3, 0.4) is 0 Å². The highest BCUT2D eigenvalue weighted by molar-refractivity contribution is 6.02. The molecule has 5 atom stereocenters. The van der Waals surface area contributed by atoms with Crippen molar-refractivity contribution in [1.82, 2.24) is 0 Å². The van der Waals surface area contributed by atoms with E-state index in [1.807, 2.05) is 0 Å². The van der Waals surface area contributed by atoms with Crippen LogP contribution in [-0.4, -0.2) is 91.2 Å². The molecule has 0 amide bonds. The number of carboxylic acids is 2. The zero-order valence-electron chi connectivity index (χ0n) is 15.5. The second-order valence-electron chi connectivity index (χ2n) is 7.90. The van der Waals surface area contributed by atoms with Gasteiger partial charge >= 0.3 is 17.6 Å². The van der Waals surface area contributed by atoms with Crippen LogP contribution < -0.4 is 0 Å². The molecule has 1 aliphatic rings. The molecule has 0 bridgehead atoms. The number of ether oxygens (including phenoxy) is 2. The summed E-state index contributed by atoms with van der Waals surface area (Å²) in [6.45, 7) is 4.31. The second kappa shape index (κ2) is 7.94. The van der Waals surface area contributed by atoms with Crippen LogP contribution in [0.25, 0.3) is 0 Å². The fourth-order valence-corrected chi connectivity index (χ4v) is 3.38. The lowest BCUT2D eigenvalue weighted by atomic mass is 9.70. The van der Waals surface area contributed by atoms with E-state index in [0.29, 0.717) is 0 Å². The van der Waals surface area contributed by atoms with Crippen molar-refractivity contribution in [1.29, 1.82) is 0 Å². The van der Waals surface area contributed by atoms with E-state index in [4.69, 9.17) is 19.7 Å². The van der Waals surface area contributed by atoms with Gasteiger partial charge in [0.05, 0.1) is 12.2 Å². The van der Waals surface area contributed by atoms with Gasteiger partial charge in [-0.05, 0) is 20.3 Å². The molecule has 27 heavy (non-hydrogen) atoms. The lowest BCUT2D eigenvalue weighted by Crippen LogP contribution is -2.61. The minimum Gasteiger partial charge on any atom is -0.478 e. The summed E-state index contributed by atoms with van der Waals surface area (Å²) in [6.07, 6.45) is -8.18. The minimum atomic E-state index is -3.61. The molecule has 10 nitrogen and oxygen atoms in total. The minimum absolute atomic E-state index is 0.426. The SMILES string of the molecule is CC(C)(CC(C)(C)C(F)(C(=O)O)C(=O)O)OC1OC(CO)C(O)C(O)C1O. The largest absolute Gasteiger partial charge is 0.478 e. The average Bonchev–Trinajstić information content (AvgIpc) is 2.52.